The van der Waals surface area contributed by atoms with Gasteiger partial charge in [0, 0.05) is 20.3 Å². The molecule has 6 nitrogen and oxygen atoms in total. The Labute approximate surface area is 89.4 Å². The molecule has 0 bridgehead atoms. The van der Waals surface area contributed by atoms with E-state index in [0.717, 1.165) is 19.6 Å². The molecule has 1 heterocycles. The van der Waals surface area contributed by atoms with Gasteiger partial charge < -0.3 is 19.8 Å². The highest BCUT2D eigenvalue weighted by Gasteiger charge is 2.10. The molecule has 0 saturated heterocycles. The Morgan fingerprint density at radius 2 is 2.27 bits per heavy atom. The summed E-state index contributed by atoms with van der Waals surface area (Å²) < 4.78 is 10.3. The zero-order valence-electron chi connectivity index (χ0n) is 9.41. The average molecular weight is 214 g/mol. The van der Waals surface area contributed by atoms with Crippen LogP contribution in [0.2, 0.25) is 0 Å². The van der Waals surface area contributed by atoms with Crippen LogP contribution in [0.4, 0.5) is 6.01 Å². The number of nitrogens with one attached hydrogen (secondary N) is 2. The second kappa shape index (κ2) is 6.36. The van der Waals surface area contributed by atoms with E-state index in [2.05, 4.69) is 20.8 Å². The third-order valence-corrected chi connectivity index (χ3v) is 2.05. The topological polar surface area (TPSA) is 72.2 Å². The van der Waals surface area contributed by atoms with Gasteiger partial charge in [0.1, 0.15) is 0 Å². The molecule has 0 amide bonds. The van der Waals surface area contributed by atoms with Crippen LogP contribution in [-0.2, 0) is 4.74 Å². The van der Waals surface area contributed by atoms with E-state index in [1.54, 1.807) is 7.11 Å². The normalized spacial score (nSPS) is 12.7. The minimum Gasteiger partial charge on any atom is -0.406 e. The molecule has 0 aliphatic carbocycles. The number of ether oxygens (including phenoxy) is 1. The minimum atomic E-state index is 0.0759. The van der Waals surface area contributed by atoms with Crippen molar-refractivity contribution in [1.29, 1.82) is 0 Å². The molecule has 0 aliphatic rings. The fraction of sp³-hybridized carbons (Fsp3) is 0.778. The Bertz CT molecular complexity index is 277. The van der Waals surface area contributed by atoms with Crippen LogP contribution in [0.1, 0.15) is 25.3 Å². The van der Waals surface area contributed by atoms with E-state index in [4.69, 9.17) is 9.15 Å². The fourth-order valence-corrected chi connectivity index (χ4v) is 1.02. The molecular formula is C9H18N4O2. The van der Waals surface area contributed by atoms with Crippen molar-refractivity contribution >= 4 is 6.01 Å². The Kier molecular flexibility index (Phi) is 5.06. The number of anilines is 1. The summed E-state index contributed by atoms with van der Waals surface area (Å²) in [7, 11) is 3.53. The molecule has 0 fully saturated rings. The molecule has 0 radical (unpaired) electrons. The predicted molar refractivity (Wildman–Crippen MR) is 56.8 cm³/mol. The molecule has 0 aliphatic heterocycles. The molecule has 6 heteroatoms. The van der Waals surface area contributed by atoms with Crippen LogP contribution in [0.5, 0.6) is 0 Å². The highest BCUT2D eigenvalue weighted by molar-refractivity contribution is 5.16. The van der Waals surface area contributed by atoms with Gasteiger partial charge in [-0.2, -0.15) is 0 Å². The summed E-state index contributed by atoms with van der Waals surface area (Å²) in [6, 6.07) is 0.537. The van der Waals surface area contributed by atoms with Crippen LogP contribution in [0.3, 0.4) is 0 Å². The van der Waals surface area contributed by atoms with E-state index >= 15 is 0 Å². The number of nitrogens with zero attached hydrogens (tertiary/aromatic N) is 2. The third-order valence-electron chi connectivity index (χ3n) is 2.05. The lowest BCUT2D eigenvalue weighted by atomic mass is 10.3. The monoisotopic (exact) mass is 214 g/mol. The van der Waals surface area contributed by atoms with Gasteiger partial charge in [-0.3, -0.25) is 0 Å². The number of rotatable bonds is 7. The second-order valence-corrected chi connectivity index (χ2v) is 3.23. The average Bonchev–Trinajstić information content (AvgIpc) is 2.72. The molecule has 0 spiro atoms. The van der Waals surface area contributed by atoms with Crippen molar-refractivity contribution < 1.29 is 9.15 Å². The molecule has 1 rings (SSSR count). The van der Waals surface area contributed by atoms with Gasteiger partial charge in [0.05, 0.1) is 6.04 Å². The van der Waals surface area contributed by atoms with Gasteiger partial charge in [-0.25, -0.2) is 0 Å². The smallest absolute Gasteiger partial charge is 0.315 e. The summed E-state index contributed by atoms with van der Waals surface area (Å²) in [5.41, 5.74) is 0. The first-order valence-corrected chi connectivity index (χ1v) is 5.01. The van der Waals surface area contributed by atoms with Gasteiger partial charge in [0.15, 0.2) is 0 Å². The Morgan fingerprint density at radius 1 is 1.47 bits per heavy atom. The van der Waals surface area contributed by atoms with E-state index in [1.807, 2.05) is 14.0 Å². The van der Waals surface area contributed by atoms with E-state index in [9.17, 15) is 0 Å². The van der Waals surface area contributed by atoms with Crippen LogP contribution < -0.4 is 10.6 Å². The van der Waals surface area contributed by atoms with E-state index in [0.29, 0.717) is 11.9 Å². The molecule has 1 unspecified atom stereocenters. The summed E-state index contributed by atoms with van der Waals surface area (Å²) in [5.74, 6) is 0.590. The molecule has 86 valence electrons. The van der Waals surface area contributed by atoms with Crippen molar-refractivity contribution in [3.8, 4) is 0 Å². The van der Waals surface area contributed by atoms with E-state index in [1.165, 1.54) is 0 Å². The molecule has 1 aromatic rings. The van der Waals surface area contributed by atoms with Crippen LogP contribution in [0.25, 0.3) is 0 Å². The lowest BCUT2D eigenvalue weighted by Crippen LogP contribution is -2.12. The van der Waals surface area contributed by atoms with Crippen molar-refractivity contribution in [3.63, 3.8) is 0 Å². The maximum Gasteiger partial charge on any atom is 0.315 e. The standard InChI is InChI=1S/C9H18N4O2/c1-7(10-2)8-12-13-9(15-8)11-5-4-6-14-3/h7,10H,4-6H2,1-3H3,(H,11,13). The van der Waals surface area contributed by atoms with E-state index in [-0.39, 0.29) is 6.04 Å². The Morgan fingerprint density at radius 3 is 2.93 bits per heavy atom. The summed E-state index contributed by atoms with van der Waals surface area (Å²) in [6.45, 7) is 3.45. The van der Waals surface area contributed by atoms with Crippen molar-refractivity contribution in [2.45, 2.75) is 19.4 Å². The number of hydrogen-bond acceptors (Lipinski definition) is 6. The first kappa shape index (κ1) is 11.9. The fourth-order valence-electron chi connectivity index (χ4n) is 1.02. The zero-order chi connectivity index (χ0) is 11.1. The lowest BCUT2D eigenvalue weighted by molar-refractivity contribution is 0.197. The van der Waals surface area contributed by atoms with Gasteiger partial charge in [-0.05, 0) is 20.4 Å². The number of methoxy groups -OCH3 is 1. The summed E-state index contributed by atoms with van der Waals surface area (Å²) in [5, 5.41) is 13.8. The van der Waals surface area contributed by atoms with Crippen LogP contribution in [0, 0.1) is 0 Å². The lowest BCUT2D eigenvalue weighted by Gasteiger charge is -2.03. The molecule has 15 heavy (non-hydrogen) atoms. The highest BCUT2D eigenvalue weighted by Crippen LogP contribution is 2.12. The van der Waals surface area contributed by atoms with E-state index < -0.39 is 0 Å². The zero-order valence-corrected chi connectivity index (χ0v) is 9.41. The Balaban J connectivity index is 2.33. The molecule has 1 aromatic heterocycles. The number of hydrogen-bond donors (Lipinski definition) is 2. The minimum absolute atomic E-state index is 0.0759. The maximum absolute atomic E-state index is 5.38. The molecule has 1 atom stereocenters. The predicted octanol–water partition coefficient (Wildman–Crippen LogP) is 0.798. The van der Waals surface area contributed by atoms with Gasteiger partial charge >= 0.3 is 6.01 Å². The third kappa shape index (κ3) is 3.85. The quantitative estimate of drug-likeness (QED) is 0.654. The Hall–Kier alpha value is -1.14. The van der Waals surface area contributed by atoms with Crippen molar-refractivity contribution in [3.05, 3.63) is 5.89 Å². The molecule has 0 aromatic carbocycles. The second-order valence-electron chi connectivity index (χ2n) is 3.23. The molecular weight excluding hydrogens is 196 g/mol. The van der Waals surface area contributed by atoms with Gasteiger partial charge in [0.25, 0.3) is 0 Å². The highest BCUT2D eigenvalue weighted by atomic mass is 16.5. The summed E-state index contributed by atoms with van der Waals surface area (Å²) in [6.07, 6.45) is 0.912. The molecule has 0 saturated carbocycles. The van der Waals surface area contributed by atoms with Gasteiger partial charge in [-0.1, -0.05) is 5.10 Å². The first-order valence-electron chi connectivity index (χ1n) is 5.01. The SMILES string of the molecule is CNC(C)c1nnc(NCCCOC)o1. The van der Waals surface area contributed by atoms with Crippen molar-refractivity contribution in [2.75, 3.05) is 32.6 Å². The number of aromatic nitrogens is 2. The van der Waals surface area contributed by atoms with Crippen LogP contribution >= 0.6 is 0 Å². The van der Waals surface area contributed by atoms with Gasteiger partial charge in [-0.15, -0.1) is 5.10 Å². The van der Waals surface area contributed by atoms with Gasteiger partial charge in [0.2, 0.25) is 5.89 Å². The molecule has 2 N–H and O–H groups in total. The van der Waals surface area contributed by atoms with Crippen molar-refractivity contribution in [1.82, 2.24) is 15.5 Å². The maximum atomic E-state index is 5.38. The summed E-state index contributed by atoms with van der Waals surface area (Å²) >= 11 is 0. The summed E-state index contributed by atoms with van der Waals surface area (Å²) in [4.78, 5) is 0. The van der Waals surface area contributed by atoms with Crippen molar-refractivity contribution in [2.24, 2.45) is 0 Å². The van der Waals surface area contributed by atoms with Crippen LogP contribution in [-0.4, -0.2) is 37.5 Å². The van der Waals surface area contributed by atoms with Crippen LogP contribution in [0.15, 0.2) is 4.42 Å². The largest absolute Gasteiger partial charge is 0.406 e. The first-order chi connectivity index (χ1) is 7.27.